The number of hydrogen-bond donors (Lipinski definition) is 0. The summed E-state index contributed by atoms with van der Waals surface area (Å²) in [6, 6.07) is 3.74. The van der Waals surface area contributed by atoms with Crippen LogP contribution in [0.2, 0.25) is 5.02 Å². The number of ketones is 1. The van der Waals surface area contributed by atoms with Crippen molar-refractivity contribution >= 4 is 17.4 Å². The first kappa shape index (κ1) is 10.3. The summed E-state index contributed by atoms with van der Waals surface area (Å²) in [7, 11) is 0. The Morgan fingerprint density at radius 2 is 2.08 bits per heavy atom. The van der Waals surface area contributed by atoms with E-state index >= 15 is 0 Å². The monoisotopic (exact) mass is 196 g/mol. The molecule has 0 aliphatic rings. The van der Waals surface area contributed by atoms with Crippen molar-refractivity contribution in [3.63, 3.8) is 0 Å². The predicted molar refractivity (Wildman–Crippen MR) is 55.6 cm³/mol. The number of rotatable bonds is 2. The molecule has 0 atom stereocenters. The van der Waals surface area contributed by atoms with Gasteiger partial charge in [-0.25, -0.2) is 0 Å². The van der Waals surface area contributed by atoms with Crippen molar-refractivity contribution in [1.82, 2.24) is 0 Å². The highest BCUT2D eigenvalue weighted by Crippen LogP contribution is 2.24. The van der Waals surface area contributed by atoms with Crippen molar-refractivity contribution in [2.45, 2.75) is 27.2 Å². The molecule has 1 nitrogen and oxygen atoms in total. The molecule has 0 aromatic heterocycles. The van der Waals surface area contributed by atoms with Crippen molar-refractivity contribution < 1.29 is 4.79 Å². The molecule has 0 saturated carbocycles. The van der Waals surface area contributed by atoms with Gasteiger partial charge in [-0.2, -0.15) is 0 Å². The van der Waals surface area contributed by atoms with Crippen molar-refractivity contribution in [2.75, 3.05) is 0 Å². The number of carbonyl (C=O) groups is 1. The van der Waals surface area contributed by atoms with Crippen molar-refractivity contribution in [3.05, 3.63) is 33.8 Å². The van der Waals surface area contributed by atoms with Crippen LogP contribution in [0.5, 0.6) is 0 Å². The number of Topliss-reactive ketones (excluding diaryl/α,β-unsaturated/α-hetero) is 1. The van der Waals surface area contributed by atoms with Gasteiger partial charge >= 0.3 is 0 Å². The fourth-order valence-electron chi connectivity index (χ4n) is 1.58. The van der Waals surface area contributed by atoms with Crippen molar-refractivity contribution in [2.24, 2.45) is 0 Å². The SMILES string of the molecule is CCc1c(Cl)ccc(C)c1C(C)=O. The van der Waals surface area contributed by atoms with Crippen LogP contribution in [0.1, 0.15) is 35.3 Å². The number of carbonyl (C=O) groups excluding carboxylic acids is 1. The molecule has 0 bridgehead atoms. The molecule has 13 heavy (non-hydrogen) atoms. The smallest absolute Gasteiger partial charge is 0.160 e. The molecule has 1 rings (SSSR count). The summed E-state index contributed by atoms with van der Waals surface area (Å²) >= 11 is 5.99. The third-order valence-electron chi connectivity index (χ3n) is 2.17. The van der Waals surface area contributed by atoms with Crippen LogP contribution in [0.3, 0.4) is 0 Å². The molecule has 2 heteroatoms. The van der Waals surface area contributed by atoms with Crippen LogP contribution in [0.4, 0.5) is 0 Å². The zero-order valence-electron chi connectivity index (χ0n) is 8.15. The summed E-state index contributed by atoms with van der Waals surface area (Å²) in [5, 5.41) is 0.693. The average molecular weight is 197 g/mol. The topological polar surface area (TPSA) is 17.1 Å². The molecular formula is C11H13ClO. The minimum Gasteiger partial charge on any atom is -0.294 e. The van der Waals surface area contributed by atoms with E-state index in [1.165, 1.54) is 0 Å². The predicted octanol–water partition coefficient (Wildman–Crippen LogP) is 3.41. The van der Waals surface area contributed by atoms with Crippen molar-refractivity contribution in [3.8, 4) is 0 Å². The number of halogens is 1. The number of hydrogen-bond acceptors (Lipinski definition) is 1. The lowest BCUT2D eigenvalue weighted by atomic mass is 9.97. The summed E-state index contributed by atoms with van der Waals surface area (Å²) in [4.78, 5) is 11.3. The Morgan fingerprint density at radius 3 is 2.46 bits per heavy atom. The van der Waals surface area contributed by atoms with E-state index in [-0.39, 0.29) is 5.78 Å². The Balaban J connectivity index is 3.43. The molecule has 0 aliphatic heterocycles. The molecule has 0 aliphatic carbocycles. The number of aryl methyl sites for hydroxylation is 1. The van der Waals surface area contributed by atoms with Gasteiger partial charge in [-0.15, -0.1) is 0 Å². The molecule has 0 heterocycles. The number of benzene rings is 1. The third-order valence-corrected chi connectivity index (χ3v) is 2.52. The van der Waals surface area contributed by atoms with Crippen LogP contribution < -0.4 is 0 Å². The lowest BCUT2D eigenvalue weighted by Crippen LogP contribution is -2.02. The van der Waals surface area contributed by atoms with Gasteiger partial charge in [-0.05, 0) is 37.5 Å². The van der Waals surface area contributed by atoms with Gasteiger partial charge in [0.2, 0.25) is 0 Å². The zero-order chi connectivity index (χ0) is 10.0. The van der Waals surface area contributed by atoms with E-state index in [2.05, 4.69) is 0 Å². The largest absolute Gasteiger partial charge is 0.294 e. The quantitative estimate of drug-likeness (QED) is 0.663. The molecule has 70 valence electrons. The van der Waals surface area contributed by atoms with Crippen LogP contribution in [-0.4, -0.2) is 5.78 Å². The first-order chi connectivity index (χ1) is 6.07. The maximum Gasteiger partial charge on any atom is 0.160 e. The van der Waals surface area contributed by atoms with E-state index in [0.717, 1.165) is 23.1 Å². The second-order valence-electron chi connectivity index (χ2n) is 3.13. The standard InChI is InChI=1S/C11H13ClO/c1-4-9-10(12)6-5-7(2)11(9)8(3)13/h5-6H,4H2,1-3H3. The second-order valence-corrected chi connectivity index (χ2v) is 3.53. The maximum absolute atomic E-state index is 11.3. The lowest BCUT2D eigenvalue weighted by Gasteiger charge is -2.09. The maximum atomic E-state index is 11.3. The summed E-state index contributed by atoms with van der Waals surface area (Å²) in [6.07, 6.45) is 0.801. The Hall–Kier alpha value is -0.820. The molecular weight excluding hydrogens is 184 g/mol. The normalized spacial score (nSPS) is 10.2. The Kier molecular flexibility index (Phi) is 3.10. The second kappa shape index (κ2) is 3.93. The average Bonchev–Trinajstić information content (AvgIpc) is 2.07. The van der Waals surface area contributed by atoms with Crippen LogP contribution in [0.15, 0.2) is 12.1 Å². The van der Waals surface area contributed by atoms with Crippen LogP contribution in [0, 0.1) is 6.92 Å². The van der Waals surface area contributed by atoms with E-state index in [1.54, 1.807) is 6.92 Å². The Morgan fingerprint density at radius 1 is 1.46 bits per heavy atom. The highest BCUT2D eigenvalue weighted by Gasteiger charge is 2.11. The van der Waals surface area contributed by atoms with E-state index in [4.69, 9.17) is 11.6 Å². The Bertz CT molecular complexity index is 342. The zero-order valence-corrected chi connectivity index (χ0v) is 8.90. The van der Waals surface area contributed by atoms with Gasteiger partial charge in [0.1, 0.15) is 0 Å². The molecule has 1 aromatic carbocycles. The molecule has 0 N–H and O–H groups in total. The molecule has 0 spiro atoms. The van der Waals surface area contributed by atoms with Gasteiger partial charge in [0.15, 0.2) is 5.78 Å². The minimum atomic E-state index is 0.0943. The molecule has 0 fully saturated rings. The summed E-state index contributed by atoms with van der Waals surface area (Å²) in [5.41, 5.74) is 2.76. The molecule has 0 unspecified atom stereocenters. The van der Waals surface area contributed by atoms with Gasteiger partial charge in [-0.3, -0.25) is 4.79 Å². The third kappa shape index (κ3) is 1.92. The van der Waals surface area contributed by atoms with Gasteiger partial charge in [-0.1, -0.05) is 24.6 Å². The fourth-order valence-corrected chi connectivity index (χ4v) is 1.87. The summed E-state index contributed by atoms with van der Waals surface area (Å²) in [5.74, 6) is 0.0943. The fraction of sp³-hybridized carbons (Fsp3) is 0.364. The van der Waals surface area contributed by atoms with Crippen LogP contribution in [0.25, 0.3) is 0 Å². The first-order valence-corrected chi connectivity index (χ1v) is 4.74. The Labute approximate surface area is 83.7 Å². The molecule has 0 radical (unpaired) electrons. The summed E-state index contributed by atoms with van der Waals surface area (Å²) in [6.45, 7) is 5.52. The van der Waals surface area contributed by atoms with Gasteiger partial charge in [0, 0.05) is 10.6 Å². The minimum absolute atomic E-state index is 0.0943. The van der Waals surface area contributed by atoms with Gasteiger partial charge in [0.25, 0.3) is 0 Å². The highest BCUT2D eigenvalue weighted by atomic mass is 35.5. The lowest BCUT2D eigenvalue weighted by molar-refractivity contribution is 0.101. The van der Waals surface area contributed by atoms with Crippen LogP contribution in [-0.2, 0) is 6.42 Å². The van der Waals surface area contributed by atoms with E-state index in [9.17, 15) is 4.79 Å². The molecule has 1 aromatic rings. The van der Waals surface area contributed by atoms with E-state index in [1.807, 2.05) is 26.0 Å². The van der Waals surface area contributed by atoms with Crippen LogP contribution >= 0.6 is 11.6 Å². The van der Waals surface area contributed by atoms with Gasteiger partial charge < -0.3 is 0 Å². The van der Waals surface area contributed by atoms with E-state index < -0.39 is 0 Å². The molecule has 0 saturated heterocycles. The molecule has 0 amide bonds. The first-order valence-electron chi connectivity index (χ1n) is 4.36. The van der Waals surface area contributed by atoms with Gasteiger partial charge in [0.05, 0.1) is 0 Å². The highest BCUT2D eigenvalue weighted by molar-refractivity contribution is 6.32. The van der Waals surface area contributed by atoms with Crippen molar-refractivity contribution in [1.29, 1.82) is 0 Å². The van der Waals surface area contributed by atoms with E-state index in [0.29, 0.717) is 5.02 Å². The summed E-state index contributed by atoms with van der Waals surface area (Å²) < 4.78 is 0.